The highest BCUT2D eigenvalue weighted by Gasteiger charge is 2.32. The molecule has 3 rings (SSSR count). The van der Waals surface area contributed by atoms with E-state index in [1.807, 2.05) is 6.07 Å². The average molecular weight is 418 g/mol. The van der Waals surface area contributed by atoms with E-state index in [1.165, 1.54) is 0 Å². The van der Waals surface area contributed by atoms with Gasteiger partial charge in [0.25, 0.3) is 5.91 Å². The van der Waals surface area contributed by atoms with Crippen LogP contribution in [0, 0.1) is 0 Å². The number of anilines is 1. The molecule has 0 radical (unpaired) electrons. The molecule has 1 atom stereocenters. The molecule has 3 N–H and O–H groups in total. The summed E-state index contributed by atoms with van der Waals surface area (Å²) in [5.74, 6) is 0.982. The minimum absolute atomic E-state index is 0.280. The summed E-state index contributed by atoms with van der Waals surface area (Å²) in [4.78, 5) is 13.1. The number of carbonyl (C=O) groups is 1. The van der Waals surface area contributed by atoms with Crippen molar-refractivity contribution in [1.82, 2.24) is 10.6 Å². The van der Waals surface area contributed by atoms with Gasteiger partial charge in [0, 0.05) is 22.0 Å². The lowest BCUT2D eigenvalue weighted by atomic mass is 9.94. The number of benzene rings is 2. The first-order valence-corrected chi connectivity index (χ1v) is 9.28. The van der Waals surface area contributed by atoms with Crippen molar-refractivity contribution in [3.05, 3.63) is 64.3 Å². The van der Waals surface area contributed by atoms with E-state index >= 15 is 0 Å². The third-order valence-corrected chi connectivity index (χ3v) is 4.80. The predicted molar refractivity (Wildman–Crippen MR) is 114 cm³/mol. The first-order valence-electron chi connectivity index (χ1n) is 8.50. The zero-order chi connectivity index (χ0) is 20.3. The monoisotopic (exact) mass is 417 g/mol. The zero-order valence-electron chi connectivity index (χ0n) is 15.6. The van der Waals surface area contributed by atoms with Gasteiger partial charge in [-0.05, 0) is 55.5 Å². The molecule has 0 aromatic heterocycles. The van der Waals surface area contributed by atoms with Crippen LogP contribution in [0.1, 0.15) is 18.5 Å². The summed E-state index contributed by atoms with van der Waals surface area (Å²) >= 11 is 11.3. The summed E-state index contributed by atoms with van der Waals surface area (Å²) in [6.07, 6.45) is 0. The van der Waals surface area contributed by atoms with Gasteiger partial charge in [0.05, 0.1) is 25.8 Å². The van der Waals surface area contributed by atoms with E-state index in [4.69, 9.17) is 33.3 Å². The summed E-state index contributed by atoms with van der Waals surface area (Å²) in [5.41, 5.74) is 2.47. The van der Waals surface area contributed by atoms with Gasteiger partial charge in [-0.15, -0.1) is 0 Å². The molecule has 1 aliphatic heterocycles. The van der Waals surface area contributed by atoms with Crippen LogP contribution >= 0.6 is 23.8 Å². The number of hydrogen-bond acceptors (Lipinski definition) is 4. The van der Waals surface area contributed by atoms with Crippen LogP contribution in [0.5, 0.6) is 11.5 Å². The topological polar surface area (TPSA) is 71.6 Å². The third kappa shape index (κ3) is 4.21. The van der Waals surface area contributed by atoms with Crippen LogP contribution < -0.4 is 25.4 Å². The van der Waals surface area contributed by atoms with E-state index in [2.05, 4.69) is 16.0 Å². The minimum atomic E-state index is -0.516. The highest BCUT2D eigenvalue weighted by molar-refractivity contribution is 7.80. The molecule has 146 valence electrons. The van der Waals surface area contributed by atoms with Crippen molar-refractivity contribution in [2.45, 2.75) is 13.0 Å². The van der Waals surface area contributed by atoms with Crippen LogP contribution in [0.3, 0.4) is 0 Å². The number of methoxy groups -OCH3 is 2. The van der Waals surface area contributed by atoms with Gasteiger partial charge in [-0.1, -0.05) is 17.7 Å². The molecule has 1 aliphatic rings. The molecule has 1 heterocycles. The standard InChI is InChI=1S/C20H20ClN3O3S/c1-11-17(19(25)23-13-6-4-5-12(21)9-13)18(24-20(28)22-11)15-10-14(26-2)7-8-16(15)27-3/h4-10,18H,1-3H3,(H,23,25)(H2,22,24,28). The quantitative estimate of drug-likeness (QED) is 0.643. The van der Waals surface area contributed by atoms with Gasteiger partial charge in [0.15, 0.2) is 5.11 Å². The van der Waals surface area contributed by atoms with Gasteiger partial charge in [0.2, 0.25) is 0 Å². The number of hydrogen-bond donors (Lipinski definition) is 3. The molecule has 1 unspecified atom stereocenters. The van der Waals surface area contributed by atoms with Gasteiger partial charge in [0.1, 0.15) is 11.5 Å². The van der Waals surface area contributed by atoms with Gasteiger partial charge in [-0.3, -0.25) is 4.79 Å². The molecule has 1 amide bonds. The number of nitrogens with one attached hydrogen (secondary N) is 3. The smallest absolute Gasteiger partial charge is 0.255 e. The highest BCUT2D eigenvalue weighted by atomic mass is 35.5. The number of thiocarbonyl (C=S) groups is 1. The van der Waals surface area contributed by atoms with Gasteiger partial charge < -0.3 is 25.4 Å². The molecular formula is C20H20ClN3O3S. The van der Waals surface area contributed by atoms with Crippen LogP contribution in [0.4, 0.5) is 5.69 Å². The number of rotatable bonds is 5. The van der Waals surface area contributed by atoms with E-state index in [1.54, 1.807) is 57.5 Å². The fourth-order valence-electron chi connectivity index (χ4n) is 3.06. The van der Waals surface area contributed by atoms with Crippen LogP contribution in [0.25, 0.3) is 0 Å². The maximum absolute atomic E-state index is 13.1. The largest absolute Gasteiger partial charge is 0.497 e. The lowest BCUT2D eigenvalue weighted by Gasteiger charge is -2.31. The molecule has 8 heteroatoms. The first kappa shape index (κ1) is 20.0. The van der Waals surface area contributed by atoms with Crippen molar-refractivity contribution in [2.24, 2.45) is 0 Å². The second kappa shape index (κ2) is 8.50. The summed E-state index contributed by atoms with van der Waals surface area (Å²) in [6, 6.07) is 11.9. The molecule has 0 saturated heterocycles. The van der Waals surface area contributed by atoms with Crippen LogP contribution in [0.15, 0.2) is 53.7 Å². The molecule has 0 aliphatic carbocycles. The van der Waals surface area contributed by atoms with Crippen molar-refractivity contribution in [3.8, 4) is 11.5 Å². The van der Waals surface area contributed by atoms with Crippen molar-refractivity contribution >= 4 is 40.5 Å². The number of allylic oxidation sites excluding steroid dienone is 1. The van der Waals surface area contributed by atoms with Gasteiger partial charge in [-0.25, -0.2) is 0 Å². The second-order valence-electron chi connectivity index (χ2n) is 6.14. The normalized spacial score (nSPS) is 16.1. The maximum atomic E-state index is 13.1. The van der Waals surface area contributed by atoms with E-state index in [9.17, 15) is 4.79 Å². The molecule has 2 aromatic rings. The summed E-state index contributed by atoms with van der Waals surface area (Å²) in [5, 5.41) is 10.0. The van der Waals surface area contributed by atoms with E-state index in [0.717, 1.165) is 5.56 Å². The Balaban J connectivity index is 2.03. The Bertz CT molecular complexity index is 961. The van der Waals surface area contributed by atoms with Crippen molar-refractivity contribution in [3.63, 3.8) is 0 Å². The summed E-state index contributed by atoms with van der Waals surface area (Å²) in [7, 11) is 3.16. The van der Waals surface area contributed by atoms with Gasteiger partial charge in [-0.2, -0.15) is 0 Å². The molecule has 0 fully saturated rings. The molecule has 6 nitrogen and oxygen atoms in total. The van der Waals surface area contributed by atoms with Crippen LogP contribution in [-0.2, 0) is 4.79 Å². The lowest BCUT2D eigenvalue weighted by molar-refractivity contribution is -0.113. The first-order chi connectivity index (χ1) is 13.4. The molecule has 0 bridgehead atoms. The Morgan fingerprint density at radius 1 is 1.18 bits per heavy atom. The molecular weight excluding hydrogens is 398 g/mol. The number of amides is 1. The van der Waals surface area contributed by atoms with E-state index in [-0.39, 0.29) is 5.91 Å². The lowest BCUT2D eigenvalue weighted by Crippen LogP contribution is -2.45. The molecule has 0 saturated carbocycles. The minimum Gasteiger partial charge on any atom is -0.497 e. The maximum Gasteiger partial charge on any atom is 0.255 e. The molecule has 28 heavy (non-hydrogen) atoms. The Morgan fingerprint density at radius 3 is 2.64 bits per heavy atom. The van der Waals surface area contributed by atoms with Crippen molar-refractivity contribution < 1.29 is 14.3 Å². The summed E-state index contributed by atoms with van der Waals surface area (Å²) in [6.45, 7) is 1.81. The number of ether oxygens (including phenoxy) is 2. The van der Waals surface area contributed by atoms with E-state index < -0.39 is 6.04 Å². The highest BCUT2D eigenvalue weighted by Crippen LogP contribution is 2.36. The summed E-state index contributed by atoms with van der Waals surface area (Å²) < 4.78 is 10.8. The Hall–Kier alpha value is -2.77. The van der Waals surface area contributed by atoms with Gasteiger partial charge >= 0.3 is 0 Å². The fraction of sp³-hybridized carbons (Fsp3) is 0.200. The average Bonchev–Trinajstić information content (AvgIpc) is 2.66. The van der Waals surface area contributed by atoms with Crippen LogP contribution in [0.2, 0.25) is 5.02 Å². The SMILES string of the molecule is COc1ccc(OC)c(C2NC(=S)NC(C)=C2C(=O)Nc2cccc(Cl)c2)c1. The Kier molecular flexibility index (Phi) is 6.06. The number of halogens is 1. The van der Waals surface area contributed by atoms with Crippen molar-refractivity contribution in [2.75, 3.05) is 19.5 Å². The van der Waals surface area contributed by atoms with Crippen LogP contribution in [-0.4, -0.2) is 25.2 Å². The number of carbonyl (C=O) groups excluding carboxylic acids is 1. The zero-order valence-corrected chi connectivity index (χ0v) is 17.2. The molecule has 2 aromatic carbocycles. The third-order valence-electron chi connectivity index (χ3n) is 4.34. The van der Waals surface area contributed by atoms with E-state index in [0.29, 0.717) is 38.6 Å². The molecule has 0 spiro atoms. The Labute approximate surface area is 173 Å². The fourth-order valence-corrected chi connectivity index (χ4v) is 3.52. The van der Waals surface area contributed by atoms with Crippen molar-refractivity contribution in [1.29, 1.82) is 0 Å². The predicted octanol–water partition coefficient (Wildman–Crippen LogP) is 3.79. The Morgan fingerprint density at radius 2 is 1.96 bits per heavy atom. The second-order valence-corrected chi connectivity index (χ2v) is 6.99.